The van der Waals surface area contributed by atoms with E-state index in [9.17, 15) is 9.59 Å². The second-order valence-electron chi connectivity index (χ2n) is 4.16. The number of ether oxygens (including phenoxy) is 1. The molecule has 3 N–H and O–H groups in total. The first kappa shape index (κ1) is 13.0. The minimum Gasteiger partial charge on any atom is -0.489 e. The van der Waals surface area contributed by atoms with Crippen molar-refractivity contribution < 1.29 is 14.6 Å². The molecule has 0 amide bonds. The van der Waals surface area contributed by atoms with Crippen LogP contribution in [-0.4, -0.2) is 34.7 Å². The molecular formula is C10H15N3O4. The average molecular weight is 241 g/mol. The Morgan fingerprint density at radius 2 is 2.29 bits per heavy atom. The smallest absolute Gasteiger partial charge is 0.310 e. The first-order valence-corrected chi connectivity index (χ1v) is 4.97. The third-order valence-electron chi connectivity index (χ3n) is 2.29. The van der Waals surface area contributed by atoms with E-state index in [1.165, 1.54) is 13.4 Å². The van der Waals surface area contributed by atoms with Crippen LogP contribution in [0, 0.1) is 5.41 Å². The van der Waals surface area contributed by atoms with Crippen LogP contribution in [0.3, 0.4) is 0 Å². The van der Waals surface area contributed by atoms with Crippen LogP contribution in [0.2, 0.25) is 0 Å². The first-order valence-electron chi connectivity index (χ1n) is 4.97. The number of H-pyrrole nitrogens is 1. The Morgan fingerprint density at radius 3 is 2.82 bits per heavy atom. The highest BCUT2D eigenvalue weighted by molar-refractivity contribution is 5.74. The maximum atomic E-state index is 11.4. The predicted molar refractivity (Wildman–Crippen MR) is 61.3 cm³/mol. The summed E-state index contributed by atoms with van der Waals surface area (Å²) in [6.45, 7) is 3.28. The predicted octanol–water partition coefficient (Wildman–Crippen LogP) is 0.301. The molecule has 0 saturated carbocycles. The number of carboxylic acids is 1. The van der Waals surface area contributed by atoms with Gasteiger partial charge in [0, 0.05) is 6.54 Å². The molecule has 17 heavy (non-hydrogen) atoms. The number of aromatic amines is 1. The van der Waals surface area contributed by atoms with E-state index in [1.807, 2.05) is 0 Å². The Bertz CT molecular complexity index is 467. The lowest BCUT2D eigenvalue weighted by Gasteiger charge is -2.20. The Kier molecular flexibility index (Phi) is 3.72. The first-order chi connectivity index (χ1) is 7.88. The maximum Gasteiger partial charge on any atom is 0.310 e. The molecule has 94 valence electrons. The zero-order chi connectivity index (χ0) is 13.1. The number of anilines is 1. The quantitative estimate of drug-likeness (QED) is 0.685. The lowest BCUT2D eigenvalue weighted by molar-refractivity contribution is -0.146. The van der Waals surface area contributed by atoms with Crippen molar-refractivity contribution in [3.63, 3.8) is 0 Å². The molecule has 0 aliphatic heterocycles. The summed E-state index contributed by atoms with van der Waals surface area (Å²) < 4.78 is 4.89. The van der Waals surface area contributed by atoms with Gasteiger partial charge in [0.1, 0.15) is 0 Å². The Morgan fingerprint density at radius 1 is 1.65 bits per heavy atom. The topological polar surface area (TPSA) is 104 Å². The summed E-state index contributed by atoms with van der Waals surface area (Å²) >= 11 is 0. The number of carbonyl (C=O) groups is 1. The number of methoxy groups -OCH3 is 1. The zero-order valence-corrected chi connectivity index (χ0v) is 9.90. The molecule has 0 aliphatic carbocycles. The molecule has 0 aromatic carbocycles. The van der Waals surface area contributed by atoms with Crippen LogP contribution in [0.5, 0.6) is 5.75 Å². The summed E-state index contributed by atoms with van der Waals surface area (Å²) in [5.41, 5.74) is -1.38. The van der Waals surface area contributed by atoms with Gasteiger partial charge in [-0.2, -0.15) is 0 Å². The number of hydrogen-bond donors (Lipinski definition) is 3. The van der Waals surface area contributed by atoms with Crippen molar-refractivity contribution in [3.05, 3.63) is 16.7 Å². The molecule has 0 saturated heterocycles. The highest BCUT2D eigenvalue weighted by atomic mass is 16.5. The van der Waals surface area contributed by atoms with Gasteiger partial charge in [-0.05, 0) is 13.8 Å². The number of nitrogens with zero attached hydrogens (tertiary/aromatic N) is 1. The fraction of sp³-hybridized carbons (Fsp3) is 0.500. The highest BCUT2D eigenvalue weighted by Gasteiger charge is 2.27. The number of aromatic nitrogens is 2. The van der Waals surface area contributed by atoms with Gasteiger partial charge in [0.05, 0.1) is 18.9 Å². The van der Waals surface area contributed by atoms with Crippen LogP contribution in [0.1, 0.15) is 13.8 Å². The Balaban J connectivity index is 2.87. The molecule has 1 heterocycles. The van der Waals surface area contributed by atoms with Crippen LogP contribution >= 0.6 is 0 Å². The molecule has 1 aromatic heterocycles. The van der Waals surface area contributed by atoms with Gasteiger partial charge in [0.2, 0.25) is 5.75 Å². The van der Waals surface area contributed by atoms with Gasteiger partial charge in [-0.15, -0.1) is 0 Å². The second-order valence-corrected chi connectivity index (χ2v) is 4.16. The summed E-state index contributed by atoms with van der Waals surface area (Å²) in [6.07, 6.45) is 1.22. The van der Waals surface area contributed by atoms with E-state index in [0.29, 0.717) is 0 Å². The lowest BCUT2D eigenvalue weighted by Crippen LogP contribution is -2.32. The molecule has 0 unspecified atom stereocenters. The summed E-state index contributed by atoms with van der Waals surface area (Å²) in [5, 5.41) is 11.7. The number of hydrogen-bond acceptors (Lipinski definition) is 5. The molecule has 0 spiro atoms. The molecule has 7 heteroatoms. The normalized spacial score (nSPS) is 11.0. The lowest BCUT2D eigenvalue weighted by atomic mass is 9.94. The van der Waals surface area contributed by atoms with Gasteiger partial charge in [-0.25, -0.2) is 4.98 Å². The van der Waals surface area contributed by atoms with Gasteiger partial charge < -0.3 is 20.1 Å². The van der Waals surface area contributed by atoms with Crippen LogP contribution in [-0.2, 0) is 4.79 Å². The summed E-state index contributed by atoms with van der Waals surface area (Å²) in [5.74, 6) is -0.673. The molecular weight excluding hydrogens is 226 g/mol. The fourth-order valence-corrected chi connectivity index (χ4v) is 1.08. The fourth-order valence-electron chi connectivity index (χ4n) is 1.08. The number of rotatable bonds is 5. The molecule has 7 nitrogen and oxygen atoms in total. The van der Waals surface area contributed by atoms with E-state index in [0.717, 1.165) is 0 Å². The average Bonchev–Trinajstić information content (AvgIpc) is 2.26. The Labute approximate surface area is 97.8 Å². The van der Waals surface area contributed by atoms with Crippen molar-refractivity contribution in [3.8, 4) is 5.75 Å². The largest absolute Gasteiger partial charge is 0.489 e. The van der Waals surface area contributed by atoms with E-state index in [1.54, 1.807) is 13.8 Å². The standard InChI is InChI=1S/C10H15N3O4/c1-10(2,9(15)16)4-11-7-6(17-3)8(14)13-5-12-7/h5H,4H2,1-3H3,(H,15,16)(H2,11,12,13,14). The van der Waals surface area contributed by atoms with Gasteiger partial charge in [-0.3, -0.25) is 9.59 Å². The molecule has 0 aliphatic rings. The molecule has 1 rings (SSSR count). The van der Waals surface area contributed by atoms with Crippen molar-refractivity contribution >= 4 is 11.8 Å². The monoisotopic (exact) mass is 241 g/mol. The molecule has 0 radical (unpaired) electrons. The molecule has 1 aromatic rings. The number of aliphatic carboxylic acids is 1. The Hall–Kier alpha value is -2.05. The number of carboxylic acid groups (broad SMARTS) is 1. The van der Waals surface area contributed by atoms with Crippen LogP contribution in [0.15, 0.2) is 11.1 Å². The zero-order valence-electron chi connectivity index (χ0n) is 9.90. The van der Waals surface area contributed by atoms with Gasteiger partial charge in [-0.1, -0.05) is 0 Å². The van der Waals surface area contributed by atoms with Gasteiger partial charge in [0.15, 0.2) is 5.82 Å². The van der Waals surface area contributed by atoms with Crippen molar-refractivity contribution in [1.29, 1.82) is 0 Å². The number of nitrogens with one attached hydrogen (secondary N) is 2. The summed E-state index contributed by atoms with van der Waals surface area (Å²) in [6, 6.07) is 0. The van der Waals surface area contributed by atoms with Crippen LogP contribution < -0.4 is 15.6 Å². The molecule has 0 bridgehead atoms. The van der Waals surface area contributed by atoms with Crippen LogP contribution in [0.25, 0.3) is 0 Å². The van der Waals surface area contributed by atoms with Crippen molar-refractivity contribution in [2.75, 3.05) is 19.0 Å². The van der Waals surface area contributed by atoms with E-state index < -0.39 is 16.9 Å². The van der Waals surface area contributed by atoms with Gasteiger partial charge >= 0.3 is 5.97 Å². The maximum absolute atomic E-state index is 11.4. The second kappa shape index (κ2) is 4.86. The minimum absolute atomic E-state index is 0.0358. The van der Waals surface area contributed by atoms with Crippen LogP contribution in [0.4, 0.5) is 5.82 Å². The molecule has 0 atom stereocenters. The van der Waals surface area contributed by atoms with Crippen molar-refractivity contribution in [1.82, 2.24) is 9.97 Å². The van der Waals surface area contributed by atoms with E-state index >= 15 is 0 Å². The van der Waals surface area contributed by atoms with E-state index in [2.05, 4.69) is 15.3 Å². The summed E-state index contributed by atoms with van der Waals surface area (Å²) in [7, 11) is 1.35. The SMILES string of the molecule is COc1c(NCC(C)(C)C(=O)O)nc[nH]c1=O. The molecule has 0 fully saturated rings. The third-order valence-corrected chi connectivity index (χ3v) is 2.29. The highest BCUT2D eigenvalue weighted by Crippen LogP contribution is 2.19. The van der Waals surface area contributed by atoms with Crippen molar-refractivity contribution in [2.45, 2.75) is 13.8 Å². The van der Waals surface area contributed by atoms with Crippen molar-refractivity contribution in [2.24, 2.45) is 5.41 Å². The van der Waals surface area contributed by atoms with E-state index in [4.69, 9.17) is 9.84 Å². The third kappa shape index (κ3) is 2.96. The van der Waals surface area contributed by atoms with Gasteiger partial charge in [0.25, 0.3) is 5.56 Å². The minimum atomic E-state index is -0.963. The summed E-state index contributed by atoms with van der Waals surface area (Å²) in [4.78, 5) is 28.5. The van der Waals surface area contributed by atoms with E-state index in [-0.39, 0.29) is 18.1 Å².